The summed E-state index contributed by atoms with van der Waals surface area (Å²) in [6.07, 6.45) is 1.65. The molecule has 20 heavy (non-hydrogen) atoms. The van der Waals surface area contributed by atoms with Crippen LogP contribution in [0, 0.1) is 0 Å². The molecule has 9 nitrogen and oxygen atoms in total. The van der Waals surface area contributed by atoms with Crippen molar-refractivity contribution in [3.8, 4) is 0 Å². The minimum absolute atomic E-state index is 0.146. The summed E-state index contributed by atoms with van der Waals surface area (Å²) in [5.41, 5.74) is -0.916. The summed E-state index contributed by atoms with van der Waals surface area (Å²) in [5.74, 6) is -1.23. The number of hydrogen-bond acceptors (Lipinski definition) is 6. The lowest BCUT2D eigenvalue weighted by Gasteiger charge is -2.19. The van der Waals surface area contributed by atoms with Gasteiger partial charge >= 0.3 is 12.1 Å². The normalized spacial score (nSPS) is 11.3. The van der Waals surface area contributed by atoms with Gasteiger partial charge in [0.15, 0.2) is 5.82 Å². The highest BCUT2D eigenvalue weighted by molar-refractivity contribution is 5.97. The Morgan fingerprint density at radius 2 is 2.10 bits per heavy atom. The maximum absolute atomic E-state index is 11.7. The van der Waals surface area contributed by atoms with Crippen molar-refractivity contribution in [1.82, 2.24) is 19.6 Å². The average Bonchev–Trinajstić information content (AvgIpc) is 2.71. The number of anilines is 1. The van der Waals surface area contributed by atoms with Crippen molar-refractivity contribution in [2.75, 3.05) is 5.32 Å². The van der Waals surface area contributed by atoms with Gasteiger partial charge in [0.1, 0.15) is 17.5 Å². The van der Waals surface area contributed by atoms with Crippen LogP contribution in [0.2, 0.25) is 0 Å². The molecule has 0 aliphatic rings. The second-order valence-corrected chi connectivity index (χ2v) is 4.94. The van der Waals surface area contributed by atoms with Crippen LogP contribution in [0.1, 0.15) is 31.1 Å². The Labute approximate surface area is 113 Å². The van der Waals surface area contributed by atoms with Crippen molar-refractivity contribution in [3.05, 3.63) is 18.1 Å². The summed E-state index contributed by atoms with van der Waals surface area (Å²) in [4.78, 5) is 30.6. The fraction of sp³-hybridized carbons (Fsp3) is 0.364. The van der Waals surface area contributed by atoms with Crippen molar-refractivity contribution in [2.24, 2.45) is 0 Å². The molecular formula is C11H13N5O4. The summed E-state index contributed by atoms with van der Waals surface area (Å²) in [5, 5.41) is 15.2. The smallest absolute Gasteiger partial charge is 0.413 e. The van der Waals surface area contributed by atoms with E-state index in [1.165, 1.54) is 17.0 Å². The number of aromatic carboxylic acids is 1. The van der Waals surface area contributed by atoms with Crippen LogP contribution in [-0.2, 0) is 4.74 Å². The molecule has 0 radical (unpaired) electrons. The Hall–Kier alpha value is -2.71. The Kier molecular flexibility index (Phi) is 3.26. The molecule has 2 aromatic rings. The van der Waals surface area contributed by atoms with Crippen molar-refractivity contribution in [3.63, 3.8) is 0 Å². The monoisotopic (exact) mass is 279 g/mol. The van der Waals surface area contributed by atoms with E-state index >= 15 is 0 Å². The maximum atomic E-state index is 11.7. The van der Waals surface area contributed by atoms with Gasteiger partial charge in [-0.15, -0.1) is 0 Å². The molecule has 0 aromatic carbocycles. The van der Waals surface area contributed by atoms with Gasteiger partial charge in [-0.3, -0.25) is 5.32 Å². The number of hydrogen-bond donors (Lipinski definition) is 2. The first-order valence-corrected chi connectivity index (χ1v) is 5.70. The molecule has 0 atom stereocenters. The third-order valence-electron chi connectivity index (χ3n) is 2.12. The van der Waals surface area contributed by atoms with Crippen LogP contribution in [0.25, 0.3) is 5.78 Å². The molecule has 0 aliphatic heterocycles. The number of carbonyl (C=O) groups is 2. The quantitative estimate of drug-likeness (QED) is 0.846. The second-order valence-electron chi connectivity index (χ2n) is 4.94. The molecule has 1 amide bonds. The first-order valence-electron chi connectivity index (χ1n) is 5.70. The van der Waals surface area contributed by atoms with Crippen LogP contribution in [0.5, 0.6) is 0 Å². The Balaban J connectivity index is 2.34. The van der Waals surface area contributed by atoms with Gasteiger partial charge in [0.25, 0.3) is 5.78 Å². The Morgan fingerprint density at radius 3 is 2.70 bits per heavy atom. The van der Waals surface area contributed by atoms with Gasteiger partial charge in [0.2, 0.25) is 0 Å². The summed E-state index contributed by atoms with van der Waals surface area (Å²) in [6.45, 7) is 5.08. The van der Waals surface area contributed by atoms with Crippen LogP contribution in [-0.4, -0.2) is 42.4 Å². The summed E-state index contributed by atoms with van der Waals surface area (Å²) in [6, 6.07) is 0. The molecule has 2 rings (SSSR count). The lowest BCUT2D eigenvalue weighted by molar-refractivity contribution is 0.0635. The SMILES string of the molecule is CC(C)(C)OC(=O)Nc1nc2ncnn2cc1C(=O)O. The molecule has 0 fully saturated rings. The first-order chi connectivity index (χ1) is 9.26. The van der Waals surface area contributed by atoms with Crippen LogP contribution >= 0.6 is 0 Å². The highest BCUT2D eigenvalue weighted by atomic mass is 16.6. The lowest BCUT2D eigenvalue weighted by Crippen LogP contribution is -2.28. The van der Waals surface area contributed by atoms with Crippen LogP contribution in [0.15, 0.2) is 12.5 Å². The number of aromatic nitrogens is 4. The van der Waals surface area contributed by atoms with Crippen molar-refractivity contribution in [2.45, 2.75) is 26.4 Å². The lowest BCUT2D eigenvalue weighted by atomic mass is 10.2. The van der Waals surface area contributed by atoms with Crippen LogP contribution in [0.3, 0.4) is 0 Å². The minimum Gasteiger partial charge on any atom is -0.477 e. The fourth-order valence-corrected chi connectivity index (χ4v) is 1.41. The average molecular weight is 279 g/mol. The van der Waals surface area contributed by atoms with Crippen LogP contribution < -0.4 is 5.32 Å². The summed E-state index contributed by atoms with van der Waals surface area (Å²) < 4.78 is 6.24. The Bertz CT molecular complexity index is 673. The van der Waals surface area contributed by atoms with Gasteiger partial charge < -0.3 is 9.84 Å². The molecule has 106 valence electrons. The molecule has 0 saturated heterocycles. The number of nitrogens with one attached hydrogen (secondary N) is 1. The predicted octanol–water partition coefficient (Wildman–Crippen LogP) is 1.17. The van der Waals surface area contributed by atoms with Gasteiger partial charge in [0, 0.05) is 0 Å². The zero-order valence-corrected chi connectivity index (χ0v) is 11.1. The van der Waals surface area contributed by atoms with Gasteiger partial charge in [0.05, 0.1) is 6.20 Å². The molecule has 0 unspecified atom stereocenters. The summed E-state index contributed by atoms with van der Waals surface area (Å²) in [7, 11) is 0. The van der Waals surface area contributed by atoms with E-state index in [0.717, 1.165) is 0 Å². The third kappa shape index (κ3) is 2.99. The number of carboxylic acids is 1. The fourth-order valence-electron chi connectivity index (χ4n) is 1.41. The zero-order chi connectivity index (χ0) is 14.9. The number of amides is 1. The predicted molar refractivity (Wildman–Crippen MR) is 67.6 cm³/mol. The molecule has 0 aliphatic carbocycles. The van der Waals surface area contributed by atoms with E-state index in [1.54, 1.807) is 20.8 Å². The summed E-state index contributed by atoms with van der Waals surface area (Å²) >= 11 is 0. The number of carbonyl (C=O) groups excluding carboxylic acids is 1. The molecule has 0 spiro atoms. The van der Waals surface area contributed by atoms with Crippen molar-refractivity contribution >= 4 is 23.7 Å². The van der Waals surface area contributed by atoms with E-state index < -0.39 is 17.7 Å². The number of ether oxygens (including phenoxy) is 1. The molecule has 2 aromatic heterocycles. The van der Waals surface area contributed by atoms with E-state index in [9.17, 15) is 9.59 Å². The largest absolute Gasteiger partial charge is 0.477 e. The van der Waals surface area contributed by atoms with Gasteiger partial charge in [-0.1, -0.05) is 0 Å². The molecule has 0 bridgehead atoms. The molecular weight excluding hydrogens is 266 g/mol. The van der Waals surface area contributed by atoms with E-state index in [0.29, 0.717) is 0 Å². The van der Waals surface area contributed by atoms with Crippen molar-refractivity contribution < 1.29 is 19.4 Å². The highest BCUT2D eigenvalue weighted by Crippen LogP contribution is 2.15. The molecule has 9 heteroatoms. The standard InChI is InChI=1S/C11H13N5O4/c1-11(2,3)20-10(19)15-7-6(8(17)18)4-16-9(14-7)12-5-13-16/h4-5H,1-3H3,(H,17,18)(H,12,13,14,15,19). The van der Waals surface area contributed by atoms with Crippen molar-refractivity contribution in [1.29, 1.82) is 0 Å². The number of nitrogens with zero attached hydrogens (tertiary/aromatic N) is 4. The number of carboxylic acid groups (broad SMARTS) is 1. The zero-order valence-electron chi connectivity index (χ0n) is 11.1. The van der Waals surface area contributed by atoms with Gasteiger partial charge in [-0.2, -0.15) is 15.1 Å². The van der Waals surface area contributed by atoms with Gasteiger partial charge in [-0.25, -0.2) is 14.1 Å². The van der Waals surface area contributed by atoms with E-state index in [2.05, 4.69) is 20.4 Å². The number of rotatable bonds is 2. The third-order valence-corrected chi connectivity index (χ3v) is 2.12. The van der Waals surface area contributed by atoms with E-state index in [1.807, 2.05) is 0 Å². The Morgan fingerprint density at radius 1 is 1.40 bits per heavy atom. The number of fused-ring (bicyclic) bond motifs is 1. The van der Waals surface area contributed by atoms with E-state index in [4.69, 9.17) is 9.84 Å². The maximum Gasteiger partial charge on any atom is 0.413 e. The van der Waals surface area contributed by atoms with Crippen LogP contribution in [0.4, 0.5) is 10.6 Å². The molecule has 2 N–H and O–H groups in total. The topological polar surface area (TPSA) is 119 Å². The van der Waals surface area contributed by atoms with Gasteiger partial charge in [-0.05, 0) is 20.8 Å². The molecule has 0 saturated carbocycles. The second kappa shape index (κ2) is 4.76. The highest BCUT2D eigenvalue weighted by Gasteiger charge is 2.21. The minimum atomic E-state index is -1.25. The molecule has 2 heterocycles. The van der Waals surface area contributed by atoms with E-state index in [-0.39, 0.29) is 17.2 Å². The first kappa shape index (κ1) is 13.7.